The number of aliphatic hydroxyl groups is 1. The van der Waals surface area contributed by atoms with Crippen LogP contribution >= 0.6 is 22.7 Å². The average molecular weight is 344 g/mol. The molecule has 0 unspecified atom stereocenters. The number of fused-ring (bicyclic) bond motifs is 1. The minimum atomic E-state index is -0.0363. The summed E-state index contributed by atoms with van der Waals surface area (Å²) in [5.74, 6) is 1.44. The van der Waals surface area contributed by atoms with Crippen molar-refractivity contribution in [3.63, 3.8) is 0 Å². The molecule has 0 aromatic carbocycles. The van der Waals surface area contributed by atoms with Crippen LogP contribution in [0.2, 0.25) is 0 Å². The van der Waals surface area contributed by atoms with Gasteiger partial charge in [0.15, 0.2) is 11.5 Å². The summed E-state index contributed by atoms with van der Waals surface area (Å²) >= 11 is 3.12. The van der Waals surface area contributed by atoms with Crippen LogP contribution in [0.15, 0.2) is 34.3 Å². The second-order valence-electron chi connectivity index (χ2n) is 4.77. The molecule has 0 saturated carbocycles. The van der Waals surface area contributed by atoms with Crippen molar-refractivity contribution in [2.45, 2.75) is 13.2 Å². The highest BCUT2D eigenvalue weighted by atomic mass is 32.1. The van der Waals surface area contributed by atoms with Gasteiger partial charge in [-0.1, -0.05) is 0 Å². The standard InChI is InChI=1S/C14H12N6OS2/c21-6-10-8-23-13(16-10)5-15-11-1-2-12-17-18-14(20(12)19-11)9-3-4-22-7-9/h1-4,7-8,21H,5-6H2,(H,15,19). The van der Waals surface area contributed by atoms with Gasteiger partial charge in [0.2, 0.25) is 0 Å². The summed E-state index contributed by atoms with van der Waals surface area (Å²) in [5.41, 5.74) is 2.39. The summed E-state index contributed by atoms with van der Waals surface area (Å²) < 4.78 is 1.73. The SMILES string of the molecule is OCc1csc(CNc2ccc3nnc(-c4ccsc4)n3n2)n1. The van der Waals surface area contributed by atoms with E-state index >= 15 is 0 Å². The fourth-order valence-electron chi connectivity index (χ4n) is 2.12. The first-order valence-electron chi connectivity index (χ1n) is 6.86. The predicted molar refractivity (Wildman–Crippen MR) is 89.5 cm³/mol. The molecule has 4 aromatic rings. The summed E-state index contributed by atoms with van der Waals surface area (Å²) in [5, 5.41) is 31.9. The van der Waals surface area contributed by atoms with E-state index in [9.17, 15) is 0 Å². The van der Waals surface area contributed by atoms with E-state index in [0.29, 0.717) is 17.9 Å². The Labute approximate surface area is 139 Å². The number of anilines is 1. The molecule has 23 heavy (non-hydrogen) atoms. The van der Waals surface area contributed by atoms with Gasteiger partial charge >= 0.3 is 0 Å². The maximum atomic E-state index is 9.05. The molecule has 0 aliphatic rings. The van der Waals surface area contributed by atoms with Crippen LogP contribution in [-0.2, 0) is 13.2 Å². The van der Waals surface area contributed by atoms with Gasteiger partial charge in [0, 0.05) is 16.3 Å². The zero-order valence-corrected chi connectivity index (χ0v) is 13.5. The fourth-order valence-corrected chi connectivity index (χ4v) is 3.48. The van der Waals surface area contributed by atoms with Crippen LogP contribution in [0.1, 0.15) is 10.7 Å². The third-order valence-corrected chi connectivity index (χ3v) is 4.81. The van der Waals surface area contributed by atoms with Crippen molar-refractivity contribution in [3.05, 3.63) is 45.0 Å². The number of aromatic nitrogens is 5. The van der Waals surface area contributed by atoms with E-state index in [2.05, 4.69) is 25.6 Å². The second kappa shape index (κ2) is 6.03. The zero-order chi connectivity index (χ0) is 15.6. The molecule has 0 aliphatic carbocycles. The van der Waals surface area contributed by atoms with Crippen LogP contribution in [0.4, 0.5) is 5.82 Å². The van der Waals surface area contributed by atoms with Crippen LogP contribution in [0.25, 0.3) is 17.0 Å². The minimum absolute atomic E-state index is 0.0363. The fraction of sp³-hybridized carbons (Fsp3) is 0.143. The van der Waals surface area contributed by atoms with Gasteiger partial charge in [0.25, 0.3) is 0 Å². The maximum Gasteiger partial charge on any atom is 0.186 e. The largest absolute Gasteiger partial charge is 0.390 e. The zero-order valence-electron chi connectivity index (χ0n) is 11.9. The van der Waals surface area contributed by atoms with E-state index in [-0.39, 0.29) is 6.61 Å². The molecular formula is C14H12N6OS2. The predicted octanol–water partition coefficient (Wildman–Crippen LogP) is 2.41. The number of hydrogen-bond donors (Lipinski definition) is 2. The van der Waals surface area contributed by atoms with Crippen LogP contribution in [0.3, 0.4) is 0 Å². The van der Waals surface area contributed by atoms with Crippen LogP contribution in [-0.4, -0.2) is 29.9 Å². The van der Waals surface area contributed by atoms with Gasteiger partial charge in [-0.05, 0) is 23.6 Å². The second-order valence-corrected chi connectivity index (χ2v) is 6.49. The van der Waals surface area contributed by atoms with Crippen molar-refractivity contribution < 1.29 is 5.11 Å². The smallest absolute Gasteiger partial charge is 0.186 e. The van der Waals surface area contributed by atoms with Crippen LogP contribution in [0.5, 0.6) is 0 Å². The molecule has 0 radical (unpaired) electrons. The lowest BCUT2D eigenvalue weighted by atomic mass is 10.3. The van der Waals surface area contributed by atoms with E-state index < -0.39 is 0 Å². The molecule has 4 heterocycles. The Bertz CT molecular complexity index is 930. The van der Waals surface area contributed by atoms with Crippen molar-refractivity contribution in [1.29, 1.82) is 0 Å². The molecule has 4 aromatic heterocycles. The summed E-state index contributed by atoms with van der Waals surface area (Å²) in [4.78, 5) is 4.30. The Hall–Kier alpha value is -2.36. The Morgan fingerprint density at radius 3 is 2.91 bits per heavy atom. The third kappa shape index (κ3) is 2.81. The molecule has 9 heteroatoms. The average Bonchev–Trinajstić information content (AvgIpc) is 3.31. The number of thiophene rings is 1. The minimum Gasteiger partial charge on any atom is -0.390 e. The van der Waals surface area contributed by atoms with Crippen LogP contribution < -0.4 is 5.32 Å². The lowest BCUT2D eigenvalue weighted by Crippen LogP contribution is -2.04. The van der Waals surface area contributed by atoms with E-state index in [1.54, 1.807) is 15.9 Å². The Balaban J connectivity index is 1.59. The maximum absolute atomic E-state index is 9.05. The van der Waals surface area contributed by atoms with Crippen molar-refractivity contribution in [1.82, 2.24) is 24.8 Å². The summed E-state index contributed by atoms with van der Waals surface area (Å²) in [6, 6.07) is 5.73. The molecule has 7 nitrogen and oxygen atoms in total. The molecule has 2 N–H and O–H groups in total. The number of nitrogens with one attached hydrogen (secondary N) is 1. The molecule has 0 spiro atoms. The van der Waals surface area contributed by atoms with Gasteiger partial charge in [-0.2, -0.15) is 15.9 Å². The third-order valence-electron chi connectivity index (χ3n) is 3.22. The van der Waals surface area contributed by atoms with Gasteiger partial charge < -0.3 is 10.4 Å². The molecule has 0 aliphatic heterocycles. The Morgan fingerprint density at radius 1 is 1.17 bits per heavy atom. The number of thiazole rings is 1. The molecule has 0 atom stereocenters. The summed E-state index contributed by atoms with van der Waals surface area (Å²) in [6.07, 6.45) is 0. The first-order chi connectivity index (χ1) is 11.3. The summed E-state index contributed by atoms with van der Waals surface area (Å²) in [6.45, 7) is 0.518. The lowest BCUT2D eigenvalue weighted by molar-refractivity contribution is 0.277. The van der Waals surface area contributed by atoms with E-state index in [1.807, 2.05) is 34.3 Å². The van der Waals surface area contributed by atoms with Gasteiger partial charge in [-0.25, -0.2) is 4.98 Å². The van der Waals surface area contributed by atoms with Crippen molar-refractivity contribution in [2.24, 2.45) is 0 Å². The molecule has 0 bridgehead atoms. The van der Waals surface area contributed by atoms with Gasteiger partial charge in [-0.3, -0.25) is 0 Å². The number of nitrogens with zero attached hydrogens (tertiary/aromatic N) is 5. The van der Waals surface area contributed by atoms with E-state index in [4.69, 9.17) is 5.11 Å². The Kier molecular flexibility index (Phi) is 3.74. The topological polar surface area (TPSA) is 88.2 Å². The van der Waals surface area contributed by atoms with E-state index in [1.165, 1.54) is 11.3 Å². The monoisotopic (exact) mass is 344 g/mol. The number of aliphatic hydroxyl groups excluding tert-OH is 1. The van der Waals surface area contributed by atoms with Gasteiger partial charge in [0.05, 0.1) is 18.8 Å². The highest BCUT2D eigenvalue weighted by Crippen LogP contribution is 2.21. The molecule has 0 amide bonds. The van der Waals surface area contributed by atoms with Crippen LogP contribution in [0, 0.1) is 0 Å². The number of rotatable bonds is 5. The normalized spacial score (nSPS) is 11.2. The Morgan fingerprint density at radius 2 is 2.13 bits per heavy atom. The molecule has 116 valence electrons. The van der Waals surface area contributed by atoms with Gasteiger partial charge in [-0.15, -0.1) is 26.6 Å². The highest BCUT2D eigenvalue weighted by molar-refractivity contribution is 7.09. The van der Waals surface area contributed by atoms with Crippen molar-refractivity contribution >= 4 is 34.1 Å². The molecule has 4 rings (SSSR count). The highest BCUT2D eigenvalue weighted by Gasteiger charge is 2.10. The molecule has 0 saturated heterocycles. The lowest BCUT2D eigenvalue weighted by Gasteiger charge is -2.04. The number of hydrogen-bond acceptors (Lipinski definition) is 8. The van der Waals surface area contributed by atoms with Gasteiger partial charge in [0.1, 0.15) is 10.8 Å². The van der Waals surface area contributed by atoms with E-state index in [0.717, 1.165) is 22.2 Å². The first-order valence-corrected chi connectivity index (χ1v) is 8.69. The molecule has 0 fully saturated rings. The molecular weight excluding hydrogens is 332 g/mol. The quantitative estimate of drug-likeness (QED) is 0.578. The first kappa shape index (κ1) is 14.2. The van der Waals surface area contributed by atoms with Crippen molar-refractivity contribution in [2.75, 3.05) is 5.32 Å². The summed E-state index contributed by atoms with van der Waals surface area (Å²) in [7, 11) is 0. The van der Waals surface area contributed by atoms with Crippen molar-refractivity contribution in [3.8, 4) is 11.4 Å².